The molecule has 1 aliphatic rings. The molecule has 0 saturated heterocycles. The maximum absolute atomic E-state index is 12.4. The zero-order chi connectivity index (χ0) is 22.0. The van der Waals surface area contributed by atoms with Crippen LogP contribution in [0.1, 0.15) is 39.0 Å². The number of anilines is 1. The molecule has 0 heterocycles. The lowest BCUT2D eigenvalue weighted by Crippen LogP contribution is -2.41. The quantitative estimate of drug-likeness (QED) is 0.408. The predicted octanol–water partition coefficient (Wildman–Crippen LogP) is 4.23. The number of terminal acetylenes is 1. The van der Waals surface area contributed by atoms with E-state index in [0.29, 0.717) is 34.7 Å². The number of aldehydes is 1. The third-order valence-electron chi connectivity index (χ3n) is 5.07. The summed E-state index contributed by atoms with van der Waals surface area (Å²) < 4.78 is 5.15. The lowest BCUT2D eigenvalue weighted by Gasteiger charge is -2.31. The Labute approximate surface area is 179 Å². The van der Waals surface area contributed by atoms with Gasteiger partial charge in [0.25, 0.3) is 0 Å². The standard InChI is InChI=1S/C22H26ClNO3.CH5N/c1-5-22(26)24(18-8-9-21(27-4)20(23)13-18)19(14-25)7-6-17-11-15(2)10-16(3)12-17;1-2/h1,8-9,13-14,16-17,19H,2,6-7,10-12H2,3-4H3;2H2,1H3. The fourth-order valence-electron chi connectivity index (χ4n) is 3.94. The van der Waals surface area contributed by atoms with Gasteiger partial charge in [-0.15, -0.1) is 6.42 Å². The van der Waals surface area contributed by atoms with Crippen molar-refractivity contribution in [3.63, 3.8) is 0 Å². The van der Waals surface area contributed by atoms with Crippen LogP contribution in [0, 0.1) is 24.2 Å². The third-order valence-corrected chi connectivity index (χ3v) is 5.36. The van der Waals surface area contributed by atoms with E-state index < -0.39 is 11.9 Å². The van der Waals surface area contributed by atoms with E-state index in [4.69, 9.17) is 22.8 Å². The molecule has 3 unspecified atom stereocenters. The van der Waals surface area contributed by atoms with Crippen molar-refractivity contribution in [2.24, 2.45) is 17.6 Å². The molecule has 0 aliphatic heterocycles. The Morgan fingerprint density at radius 3 is 2.69 bits per heavy atom. The average molecular weight is 419 g/mol. The van der Waals surface area contributed by atoms with E-state index >= 15 is 0 Å². The Balaban J connectivity index is 0.00000204. The monoisotopic (exact) mass is 418 g/mol. The van der Waals surface area contributed by atoms with Gasteiger partial charge in [0.2, 0.25) is 0 Å². The van der Waals surface area contributed by atoms with Gasteiger partial charge in [0, 0.05) is 5.69 Å². The number of hydrogen-bond acceptors (Lipinski definition) is 4. The van der Waals surface area contributed by atoms with Gasteiger partial charge in [0.05, 0.1) is 18.2 Å². The van der Waals surface area contributed by atoms with E-state index in [-0.39, 0.29) is 0 Å². The van der Waals surface area contributed by atoms with Crippen molar-refractivity contribution < 1.29 is 14.3 Å². The van der Waals surface area contributed by atoms with Gasteiger partial charge in [0.1, 0.15) is 12.0 Å². The first-order chi connectivity index (χ1) is 13.9. The molecule has 6 heteroatoms. The van der Waals surface area contributed by atoms with Crippen molar-refractivity contribution in [2.45, 2.75) is 45.1 Å². The largest absolute Gasteiger partial charge is 0.495 e. The summed E-state index contributed by atoms with van der Waals surface area (Å²) in [6.45, 7) is 6.35. The van der Waals surface area contributed by atoms with Crippen LogP contribution in [0.2, 0.25) is 5.02 Å². The van der Waals surface area contributed by atoms with Gasteiger partial charge < -0.3 is 15.3 Å². The van der Waals surface area contributed by atoms with Crippen LogP contribution in [0.4, 0.5) is 5.69 Å². The molecule has 0 bridgehead atoms. The summed E-state index contributed by atoms with van der Waals surface area (Å²) in [7, 11) is 3.01. The van der Waals surface area contributed by atoms with Crippen LogP contribution in [0.5, 0.6) is 5.75 Å². The summed E-state index contributed by atoms with van der Waals surface area (Å²) in [5.74, 6) is 3.13. The minimum absolute atomic E-state index is 0.354. The molecule has 1 aromatic rings. The highest BCUT2D eigenvalue weighted by atomic mass is 35.5. The van der Waals surface area contributed by atoms with Gasteiger partial charge in [-0.2, -0.15) is 0 Å². The molecule has 29 heavy (non-hydrogen) atoms. The molecule has 1 aliphatic carbocycles. The van der Waals surface area contributed by atoms with Gasteiger partial charge in [-0.3, -0.25) is 9.69 Å². The second kappa shape index (κ2) is 12.3. The number of halogens is 1. The third kappa shape index (κ3) is 6.92. The molecule has 1 aromatic carbocycles. The highest BCUT2D eigenvalue weighted by Crippen LogP contribution is 2.35. The van der Waals surface area contributed by atoms with Crippen molar-refractivity contribution in [3.8, 4) is 18.1 Å². The van der Waals surface area contributed by atoms with Crippen LogP contribution >= 0.6 is 11.6 Å². The highest BCUT2D eigenvalue weighted by Gasteiger charge is 2.27. The van der Waals surface area contributed by atoms with E-state index in [1.54, 1.807) is 18.2 Å². The summed E-state index contributed by atoms with van der Waals surface area (Å²) in [6, 6.07) is 4.30. The normalized spacial score (nSPS) is 19.2. The second-order valence-electron chi connectivity index (χ2n) is 7.28. The first-order valence-electron chi connectivity index (χ1n) is 9.72. The number of allylic oxidation sites excluding steroid dienone is 1. The number of carbonyl (C=O) groups is 2. The molecule has 0 aromatic heterocycles. The second-order valence-corrected chi connectivity index (χ2v) is 7.69. The molecule has 2 rings (SSSR count). The molecule has 5 nitrogen and oxygen atoms in total. The van der Waals surface area contributed by atoms with Crippen LogP contribution in [-0.4, -0.2) is 32.4 Å². The molecule has 1 fully saturated rings. The van der Waals surface area contributed by atoms with Crippen molar-refractivity contribution >= 4 is 29.5 Å². The number of methoxy groups -OCH3 is 1. The first-order valence-corrected chi connectivity index (χ1v) is 10.1. The molecule has 1 amide bonds. The molecule has 0 spiro atoms. The zero-order valence-corrected chi connectivity index (χ0v) is 18.2. The van der Waals surface area contributed by atoms with Gasteiger partial charge in [-0.05, 0) is 75.1 Å². The maximum Gasteiger partial charge on any atom is 0.303 e. The number of amides is 1. The van der Waals surface area contributed by atoms with E-state index in [0.717, 1.165) is 32.0 Å². The molecule has 158 valence electrons. The first kappa shape index (κ1) is 24.7. The van der Waals surface area contributed by atoms with Crippen molar-refractivity contribution in [1.29, 1.82) is 0 Å². The van der Waals surface area contributed by atoms with E-state index in [1.807, 2.05) is 0 Å². The van der Waals surface area contributed by atoms with Gasteiger partial charge in [-0.1, -0.05) is 30.7 Å². The lowest BCUT2D eigenvalue weighted by atomic mass is 9.77. The Hall–Kier alpha value is -2.29. The molecular formula is C23H31ClN2O3. The maximum atomic E-state index is 12.4. The Morgan fingerprint density at radius 2 is 2.17 bits per heavy atom. The number of nitrogens with two attached hydrogens (primary N) is 1. The smallest absolute Gasteiger partial charge is 0.303 e. The summed E-state index contributed by atoms with van der Waals surface area (Å²) in [5, 5.41) is 0.354. The Kier molecular flexibility index (Phi) is 10.5. The topological polar surface area (TPSA) is 72.6 Å². The Morgan fingerprint density at radius 1 is 1.48 bits per heavy atom. The summed E-state index contributed by atoms with van der Waals surface area (Å²) in [6.07, 6.45) is 10.7. The number of benzene rings is 1. The molecule has 1 saturated carbocycles. The number of carbonyl (C=O) groups excluding carboxylic acids is 2. The van der Waals surface area contributed by atoms with Gasteiger partial charge >= 0.3 is 5.91 Å². The number of nitrogens with zero attached hydrogens (tertiary/aromatic N) is 1. The van der Waals surface area contributed by atoms with Crippen molar-refractivity contribution in [1.82, 2.24) is 0 Å². The average Bonchev–Trinajstić information content (AvgIpc) is 2.71. The molecule has 3 atom stereocenters. The minimum atomic E-state index is -0.636. The number of rotatable bonds is 7. The summed E-state index contributed by atoms with van der Waals surface area (Å²) >= 11 is 6.19. The highest BCUT2D eigenvalue weighted by molar-refractivity contribution is 6.32. The van der Waals surface area contributed by atoms with Crippen LogP contribution in [-0.2, 0) is 9.59 Å². The molecular weight excluding hydrogens is 388 g/mol. The minimum Gasteiger partial charge on any atom is -0.495 e. The fraction of sp³-hybridized carbons (Fsp3) is 0.478. The number of hydrogen-bond donors (Lipinski definition) is 1. The van der Waals surface area contributed by atoms with E-state index in [9.17, 15) is 9.59 Å². The lowest BCUT2D eigenvalue weighted by molar-refractivity contribution is -0.117. The van der Waals surface area contributed by atoms with Gasteiger partial charge in [0.15, 0.2) is 0 Å². The fourth-order valence-corrected chi connectivity index (χ4v) is 4.19. The summed E-state index contributed by atoms with van der Waals surface area (Å²) in [4.78, 5) is 25.5. The van der Waals surface area contributed by atoms with Crippen LogP contribution < -0.4 is 15.4 Å². The van der Waals surface area contributed by atoms with Crippen LogP contribution in [0.3, 0.4) is 0 Å². The van der Waals surface area contributed by atoms with Crippen molar-refractivity contribution in [2.75, 3.05) is 19.1 Å². The van der Waals surface area contributed by atoms with Crippen LogP contribution in [0.25, 0.3) is 0 Å². The summed E-state index contributed by atoms with van der Waals surface area (Å²) in [5.41, 5.74) is 6.25. The Bertz CT molecular complexity index is 757. The molecule has 0 radical (unpaired) electrons. The predicted molar refractivity (Wildman–Crippen MR) is 119 cm³/mol. The van der Waals surface area contributed by atoms with E-state index in [2.05, 4.69) is 25.2 Å². The SMILES string of the molecule is C#CC(=O)N(c1ccc(OC)c(Cl)c1)C(C=O)CCC1CC(=C)CC(C)C1.CN. The zero-order valence-electron chi connectivity index (χ0n) is 17.5. The number of ether oxygens (including phenoxy) is 1. The van der Waals surface area contributed by atoms with Crippen molar-refractivity contribution in [3.05, 3.63) is 35.4 Å². The van der Waals surface area contributed by atoms with Gasteiger partial charge in [-0.25, -0.2) is 0 Å². The molecule has 2 N–H and O–H groups in total. The van der Waals surface area contributed by atoms with Crippen LogP contribution in [0.15, 0.2) is 30.4 Å². The van der Waals surface area contributed by atoms with E-state index in [1.165, 1.54) is 24.6 Å².